The molecular formula is C15H30N2O. The lowest BCUT2D eigenvalue weighted by atomic mass is 10.1. The van der Waals surface area contributed by atoms with E-state index in [0.29, 0.717) is 12.6 Å². The van der Waals surface area contributed by atoms with E-state index in [0.717, 1.165) is 13.0 Å². The molecule has 0 aromatic carbocycles. The van der Waals surface area contributed by atoms with Crippen LogP contribution in [0.15, 0.2) is 0 Å². The van der Waals surface area contributed by atoms with E-state index in [1.807, 2.05) is 0 Å². The number of amides is 1. The van der Waals surface area contributed by atoms with Gasteiger partial charge in [0, 0.05) is 12.6 Å². The Labute approximate surface area is 112 Å². The van der Waals surface area contributed by atoms with Gasteiger partial charge in [0.1, 0.15) is 0 Å². The van der Waals surface area contributed by atoms with Crippen molar-refractivity contribution in [1.29, 1.82) is 0 Å². The monoisotopic (exact) mass is 254 g/mol. The Morgan fingerprint density at radius 1 is 1.06 bits per heavy atom. The summed E-state index contributed by atoms with van der Waals surface area (Å²) >= 11 is 0. The summed E-state index contributed by atoms with van der Waals surface area (Å²) in [6.45, 7) is 3.58. The van der Waals surface area contributed by atoms with E-state index in [-0.39, 0.29) is 5.91 Å². The van der Waals surface area contributed by atoms with E-state index in [4.69, 9.17) is 0 Å². The molecule has 1 saturated carbocycles. The van der Waals surface area contributed by atoms with E-state index < -0.39 is 0 Å². The minimum absolute atomic E-state index is 0.162. The zero-order valence-electron chi connectivity index (χ0n) is 12.0. The summed E-state index contributed by atoms with van der Waals surface area (Å²) < 4.78 is 0. The van der Waals surface area contributed by atoms with Crippen molar-refractivity contribution in [3.05, 3.63) is 0 Å². The molecular weight excluding hydrogens is 224 g/mol. The molecule has 1 aliphatic rings. The van der Waals surface area contributed by atoms with Gasteiger partial charge in [0.15, 0.2) is 0 Å². The minimum Gasteiger partial charge on any atom is -0.355 e. The quantitative estimate of drug-likeness (QED) is 0.588. The van der Waals surface area contributed by atoms with Gasteiger partial charge < -0.3 is 10.6 Å². The molecule has 18 heavy (non-hydrogen) atoms. The number of unbranched alkanes of at least 4 members (excludes halogenated alkanes) is 5. The van der Waals surface area contributed by atoms with Gasteiger partial charge in [0.25, 0.3) is 0 Å². The molecule has 2 N–H and O–H groups in total. The Morgan fingerprint density at radius 3 is 2.44 bits per heavy atom. The smallest absolute Gasteiger partial charge is 0.233 e. The number of hydrogen-bond donors (Lipinski definition) is 2. The van der Waals surface area contributed by atoms with Gasteiger partial charge in [-0.25, -0.2) is 0 Å². The number of carbonyl (C=O) groups excluding carboxylic acids is 1. The standard InChI is InChI=1S/C15H30N2O/c1-2-3-4-5-6-9-12-16-15(18)13-17-14-10-7-8-11-14/h14,17H,2-13H2,1H3,(H,16,18). The van der Waals surface area contributed by atoms with Crippen LogP contribution in [0, 0.1) is 0 Å². The van der Waals surface area contributed by atoms with Gasteiger partial charge in [-0.15, -0.1) is 0 Å². The maximum absolute atomic E-state index is 11.6. The lowest BCUT2D eigenvalue weighted by Gasteiger charge is -2.11. The first kappa shape index (κ1) is 15.5. The Balaban J connectivity index is 1.84. The lowest BCUT2D eigenvalue weighted by Crippen LogP contribution is -2.38. The highest BCUT2D eigenvalue weighted by molar-refractivity contribution is 5.77. The molecule has 0 heterocycles. The summed E-state index contributed by atoms with van der Waals surface area (Å²) in [5.74, 6) is 0.162. The van der Waals surface area contributed by atoms with E-state index in [1.165, 1.54) is 57.8 Å². The van der Waals surface area contributed by atoms with Gasteiger partial charge >= 0.3 is 0 Å². The fourth-order valence-electron chi connectivity index (χ4n) is 2.56. The van der Waals surface area contributed by atoms with Crippen molar-refractivity contribution >= 4 is 5.91 Å². The van der Waals surface area contributed by atoms with Crippen LogP contribution in [0.5, 0.6) is 0 Å². The second-order valence-corrected chi connectivity index (χ2v) is 5.48. The van der Waals surface area contributed by atoms with Crippen molar-refractivity contribution in [3.63, 3.8) is 0 Å². The van der Waals surface area contributed by atoms with Crippen LogP contribution in [-0.2, 0) is 4.79 Å². The first-order valence-corrected chi connectivity index (χ1v) is 7.83. The van der Waals surface area contributed by atoms with Crippen LogP contribution in [0.4, 0.5) is 0 Å². The number of carbonyl (C=O) groups is 1. The van der Waals surface area contributed by atoms with Gasteiger partial charge in [-0.05, 0) is 19.3 Å². The number of hydrogen-bond acceptors (Lipinski definition) is 2. The predicted molar refractivity (Wildman–Crippen MR) is 76.6 cm³/mol. The highest BCUT2D eigenvalue weighted by atomic mass is 16.1. The van der Waals surface area contributed by atoms with E-state index in [1.54, 1.807) is 0 Å². The third-order valence-corrected chi connectivity index (χ3v) is 3.76. The fraction of sp³-hybridized carbons (Fsp3) is 0.933. The molecule has 1 aliphatic carbocycles. The largest absolute Gasteiger partial charge is 0.355 e. The average molecular weight is 254 g/mol. The van der Waals surface area contributed by atoms with Crippen molar-refractivity contribution in [3.8, 4) is 0 Å². The van der Waals surface area contributed by atoms with Crippen LogP contribution < -0.4 is 10.6 Å². The number of nitrogens with one attached hydrogen (secondary N) is 2. The summed E-state index contributed by atoms with van der Waals surface area (Å²) in [7, 11) is 0. The maximum atomic E-state index is 11.6. The molecule has 3 nitrogen and oxygen atoms in total. The highest BCUT2D eigenvalue weighted by Crippen LogP contribution is 2.17. The molecule has 3 heteroatoms. The molecule has 0 spiro atoms. The van der Waals surface area contributed by atoms with Crippen LogP contribution in [0.3, 0.4) is 0 Å². The SMILES string of the molecule is CCCCCCCCNC(=O)CNC1CCCC1. The summed E-state index contributed by atoms with van der Waals surface area (Å²) in [6.07, 6.45) is 12.8. The Hall–Kier alpha value is -0.570. The van der Waals surface area contributed by atoms with Crippen molar-refractivity contribution < 1.29 is 4.79 Å². The molecule has 0 atom stereocenters. The van der Waals surface area contributed by atoms with Gasteiger partial charge in [-0.1, -0.05) is 51.9 Å². The molecule has 0 bridgehead atoms. The van der Waals surface area contributed by atoms with Crippen LogP contribution in [-0.4, -0.2) is 25.0 Å². The first-order valence-electron chi connectivity index (χ1n) is 7.83. The van der Waals surface area contributed by atoms with Crippen LogP contribution in [0.1, 0.15) is 71.1 Å². The molecule has 1 rings (SSSR count). The minimum atomic E-state index is 0.162. The Morgan fingerprint density at radius 2 is 1.72 bits per heavy atom. The molecule has 0 unspecified atom stereocenters. The van der Waals surface area contributed by atoms with Gasteiger partial charge in [-0.3, -0.25) is 4.79 Å². The zero-order chi connectivity index (χ0) is 13.1. The third kappa shape index (κ3) is 7.70. The van der Waals surface area contributed by atoms with Gasteiger partial charge in [-0.2, -0.15) is 0 Å². The van der Waals surface area contributed by atoms with Gasteiger partial charge in [0.05, 0.1) is 6.54 Å². The van der Waals surface area contributed by atoms with Gasteiger partial charge in [0.2, 0.25) is 5.91 Å². The van der Waals surface area contributed by atoms with Crippen LogP contribution >= 0.6 is 0 Å². The molecule has 0 aromatic rings. The second kappa shape index (κ2) is 10.4. The molecule has 0 aromatic heterocycles. The fourth-order valence-corrected chi connectivity index (χ4v) is 2.56. The average Bonchev–Trinajstić information content (AvgIpc) is 2.88. The Kier molecular flexibility index (Phi) is 8.92. The lowest BCUT2D eigenvalue weighted by molar-refractivity contribution is -0.120. The highest BCUT2D eigenvalue weighted by Gasteiger charge is 2.14. The van der Waals surface area contributed by atoms with Crippen molar-refractivity contribution in [2.75, 3.05) is 13.1 Å². The van der Waals surface area contributed by atoms with E-state index >= 15 is 0 Å². The summed E-state index contributed by atoms with van der Waals surface area (Å²) in [5.41, 5.74) is 0. The van der Waals surface area contributed by atoms with Crippen molar-refractivity contribution in [2.24, 2.45) is 0 Å². The summed E-state index contributed by atoms with van der Waals surface area (Å²) in [6, 6.07) is 0.588. The molecule has 1 fully saturated rings. The van der Waals surface area contributed by atoms with Crippen molar-refractivity contribution in [2.45, 2.75) is 77.2 Å². The number of rotatable bonds is 10. The molecule has 106 valence electrons. The zero-order valence-corrected chi connectivity index (χ0v) is 12.0. The first-order chi connectivity index (χ1) is 8.83. The predicted octanol–water partition coefficient (Wildman–Crippen LogP) is 3.00. The van der Waals surface area contributed by atoms with E-state index in [9.17, 15) is 4.79 Å². The maximum Gasteiger partial charge on any atom is 0.233 e. The summed E-state index contributed by atoms with van der Waals surface area (Å²) in [4.78, 5) is 11.6. The second-order valence-electron chi connectivity index (χ2n) is 5.48. The third-order valence-electron chi connectivity index (χ3n) is 3.76. The molecule has 0 aliphatic heterocycles. The molecule has 1 amide bonds. The van der Waals surface area contributed by atoms with E-state index in [2.05, 4.69) is 17.6 Å². The Bertz CT molecular complexity index is 213. The van der Waals surface area contributed by atoms with Crippen LogP contribution in [0.25, 0.3) is 0 Å². The topological polar surface area (TPSA) is 41.1 Å². The van der Waals surface area contributed by atoms with Crippen LogP contribution in [0.2, 0.25) is 0 Å². The van der Waals surface area contributed by atoms with Crippen molar-refractivity contribution in [1.82, 2.24) is 10.6 Å². The summed E-state index contributed by atoms with van der Waals surface area (Å²) in [5, 5.41) is 6.33. The normalized spacial score (nSPS) is 16.1. The molecule has 0 radical (unpaired) electrons. The molecule has 0 saturated heterocycles.